The van der Waals surface area contributed by atoms with E-state index in [0.29, 0.717) is 12.8 Å². The number of aliphatic imine (C=N–C) groups is 1. The summed E-state index contributed by atoms with van der Waals surface area (Å²) in [5.41, 5.74) is 2.57. The molecular weight excluding hydrogens is 290 g/mol. The Hall–Kier alpha value is -2.04. The molecule has 0 bridgehead atoms. The summed E-state index contributed by atoms with van der Waals surface area (Å²) in [7, 11) is 3.56. The zero-order chi connectivity index (χ0) is 17.8. The van der Waals surface area contributed by atoms with E-state index < -0.39 is 5.41 Å². The number of aryl methyl sites for hydroxylation is 2. The molecule has 0 saturated carbocycles. The Balaban J connectivity index is 3.28. The van der Waals surface area contributed by atoms with Gasteiger partial charge in [-0.05, 0) is 53.2 Å². The van der Waals surface area contributed by atoms with Gasteiger partial charge in [0.1, 0.15) is 11.6 Å². The highest BCUT2D eigenvalue weighted by Gasteiger charge is 2.41. The maximum absolute atomic E-state index is 12.4. The normalized spacial score (nSPS) is 13.3. The Morgan fingerprint density at radius 2 is 1.83 bits per heavy atom. The molecule has 0 saturated heterocycles. The first kappa shape index (κ1) is 19.0. The van der Waals surface area contributed by atoms with Crippen LogP contribution in [-0.2, 0) is 23.1 Å². The number of nitrogens with zero attached hydrogens (tertiary/aromatic N) is 3. The van der Waals surface area contributed by atoms with Crippen molar-refractivity contribution in [2.45, 2.75) is 47.5 Å². The van der Waals surface area contributed by atoms with Crippen LogP contribution in [0.5, 0.6) is 0 Å². The lowest BCUT2D eigenvalue weighted by molar-refractivity contribution is -0.138. The van der Waals surface area contributed by atoms with E-state index in [1.807, 2.05) is 40.0 Å². The molecule has 0 aliphatic heterocycles. The minimum absolute atomic E-state index is 0.109. The van der Waals surface area contributed by atoms with E-state index >= 15 is 0 Å². The lowest BCUT2D eigenvalue weighted by Crippen LogP contribution is -2.39. The lowest BCUT2D eigenvalue weighted by atomic mass is 9.71. The van der Waals surface area contributed by atoms with Crippen LogP contribution in [0.2, 0.25) is 0 Å². The van der Waals surface area contributed by atoms with Gasteiger partial charge < -0.3 is 0 Å². The van der Waals surface area contributed by atoms with Gasteiger partial charge in [0.15, 0.2) is 0 Å². The Bertz CT molecular complexity index is 652. The fourth-order valence-electron chi connectivity index (χ4n) is 2.90. The standard InChI is InChI=1S/C18H27N3O2/c1-12(8-13(2)19-6)10-18(15(4)22,16(5)23)11-17-9-14(3)20-21(17)7/h8-9H,10-11H2,1-7H3/b12-8+,19-13-. The SMILES string of the molecule is C/N=C(C)\C=C(/C)CC(Cc1cc(C)nn1C)(C(C)=O)C(C)=O. The second-order valence-electron chi connectivity index (χ2n) is 6.30. The van der Waals surface area contributed by atoms with Crippen LogP contribution in [0.1, 0.15) is 45.5 Å². The van der Waals surface area contributed by atoms with Crippen molar-refractivity contribution in [3.8, 4) is 0 Å². The van der Waals surface area contributed by atoms with Gasteiger partial charge in [-0.25, -0.2) is 0 Å². The average molecular weight is 317 g/mol. The van der Waals surface area contributed by atoms with Crippen molar-refractivity contribution in [2.24, 2.45) is 17.5 Å². The number of hydrogen-bond donors (Lipinski definition) is 0. The maximum Gasteiger partial charge on any atom is 0.144 e. The van der Waals surface area contributed by atoms with Crippen LogP contribution in [0.15, 0.2) is 22.7 Å². The van der Waals surface area contributed by atoms with Gasteiger partial charge in [0.25, 0.3) is 0 Å². The summed E-state index contributed by atoms with van der Waals surface area (Å²) in [6, 6.07) is 1.93. The average Bonchev–Trinajstić information content (AvgIpc) is 2.74. The molecule has 126 valence electrons. The number of Topliss-reactive ketones (excluding diaryl/α,β-unsaturated/α-hetero) is 2. The summed E-state index contributed by atoms with van der Waals surface area (Å²) in [6.45, 7) is 8.73. The van der Waals surface area contributed by atoms with Crippen LogP contribution < -0.4 is 0 Å². The third-order valence-electron chi connectivity index (χ3n) is 4.32. The van der Waals surface area contributed by atoms with Crippen LogP contribution in [0, 0.1) is 12.3 Å². The van der Waals surface area contributed by atoms with Gasteiger partial charge in [-0.2, -0.15) is 5.10 Å². The molecule has 1 heterocycles. The summed E-state index contributed by atoms with van der Waals surface area (Å²) in [4.78, 5) is 28.9. The first-order valence-corrected chi connectivity index (χ1v) is 7.74. The highest BCUT2D eigenvalue weighted by Crippen LogP contribution is 2.33. The van der Waals surface area contributed by atoms with Crippen molar-refractivity contribution in [3.05, 3.63) is 29.1 Å². The zero-order valence-electron chi connectivity index (χ0n) is 15.2. The van der Waals surface area contributed by atoms with Gasteiger partial charge in [-0.15, -0.1) is 0 Å². The number of aromatic nitrogens is 2. The number of carbonyl (C=O) groups is 2. The first-order chi connectivity index (χ1) is 10.6. The summed E-state index contributed by atoms with van der Waals surface area (Å²) in [5.74, 6) is -0.217. The molecule has 0 amide bonds. The van der Waals surface area contributed by atoms with Crippen LogP contribution in [0.4, 0.5) is 0 Å². The molecular formula is C18H27N3O2. The van der Waals surface area contributed by atoms with Crippen molar-refractivity contribution in [3.63, 3.8) is 0 Å². The number of ketones is 2. The largest absolute Gasteiger partial charge is 0.299 e. The van der Waals surface area contributed by atoms with E-state index in [2.05, 4.69) is 10.1 Å². The number of rotatable bonds is 7. The molecule has 1 rings (SSSR count). The van der Waals surface area contributed by atoms with Crippen molar-refractivity contribution in [1.29, 1.82) is 0 Å². The highest BCUT2D eigenvalue weighted by atomic mass is 16.2. The van der Waals surface area contributed by atoms with Crippen LogP contribution in [0.3, 0.4) is 0 Å². The molecule has 0 N–H and O–H groups in total. The van der Waals surface area contributed by atoms with Crippen molar-refractivity contribution in [1.82, 2.24) is 9.78 Å². The van der Waals surface area contributed by atoms with Gasteiger partial charge in [-0.3, -0.25) is 19.3 Å². The molecule has 0 aliphatic rings. The Morgan fingerprint density at radius 1 is 1.26 bits per heavy atom. The van der Waals surface area contributed by atoms with Gasteiger partial charge in [-0.1, -0.05) is 5.57 Å². The molecule has 0 radical (unpaired) electrons. The summed E-state index contributed by atoms with van der Waals surface area (Å²) < 4.78 is 1.74. The Labute approximate surface area is 138 Å². The van der Waals surface area contributed by atoms with E-state index in [4.69, 9.17) is 0 Å². The summed E-state index contributed by atoms with van der Waals surface area (Å²) >= 11 is 0. The van der Waals surface area contributed by atoms with Gasteiger partial charge in [0, 0.05) is 31.9 Å². The third kappa shape index (κ3) is 4.47. The second-order valence-corrected chi connectivity index (χ2v) is 6.30. The smallest absolute Gasteiger partial charge is 0.144 e. The number of carbonyl (C=O) groups excluding carboxylic acids is 2. The molecule has 5 nitrogen and oxygen atoms in total. The van der Waals surface area contributed by atoms with Crippen molar-refractivity contribution in [2.75, 3.05) is 7.05 Å². The second kappa shape index (κ2) is 7.49. The molecule has 0 atom stereocenters. The summed E-state index contributed by atoms with van der Waals surface area (Å²) in [5, 5.41) is 4.32. The minimum atomic E-state index is -1.05. The van der Waals surface area contributed by atoms with E-state index in [-0.39, 0.29) is 11.6 Å². The van der Waals surface area contributed by atoms with E-state index in [1.54, 1.807) is 11.7 Å². The summed E-state index contributed by atoms with van der Waals surface area (Å²) in [6.07, 6.45) is 2.69. The monoisotopic (exact) mass is 317 g/mol. The molecule has 0 unspecified atom stereocenters. The van der Waals surface area contributed by atoms with E-state index in [9.17, 15) is 9.59 Å². The number of allylic oxidation sites excluding steroid dienone is 2. The van der Waals surface area contributed by atoms with Crippen molar-refractivity contribution < 1.29 is 9.59 Å². The molecule has 0 spiro atoms. The molecule has 0 fully saturated rings. The molecule has 1 aromatic heterocycles. The Kier molecular flexibility index (Phi) is 6.19. The molecule has 5 heteroatoms. The lowest BCUT2D eigenvalue weighted by Gasteiger charge is -2.29. The van der Waals surface area contributed by atoms with Gasteiger partial charge in [0.2, 0.25) is 0 Å². The molecule has 0 aliphatic carbocycles. The minimum Gasteiger partial charge on any atom is -0.299 e. The van der Waals surface area contributed by atoms with Gasteiger partial charge >= 0.3 is 0 Å². The van der Waals surface area contributed by atoms with Gasteiger partial charge in [0.05, 0.1) is 11.1 Å². The fraction of sp³-hybridized carbons (Fsp3) is 0.556. The van der Waals surface area contributed by atoms with E-state index in [1.165, 1.54) is 13.8 Å². The predicted octanol–water partition coefficient (Wildman–Crippen LogP) is 2.86. The zero-order valence-corrected chi connectivity index (χ0v) is 15.2. The maximum atomic E-state index is 12.4. The molecule has 0 aromatic carbocycles. The van der Waals surface area contributed by atoms with Crippen molar-refractivity contribution >= 4 is 17.3 Å². The third-order valence-corrected chi connectivity index (χ3v) is 4.32. The van der Waals surface area contributed by atoms with Crippen LogP contribution in [0.25, 0.3) is 0 Å². The number of hydrogen-bond acceptors (Lipinski definition) is 4. The Morgan fingerprint density at radius 3 is 2.22 bits per heavy atom. The predicted molar refractivity (Wildman–Crippen MR) is 92.9 cm³/mol. The molecule has 1 aromatic rings. The molecule has 23 heavy (non-hydrogen) atoms. The quantitative estimate of drug-likeness (QED) is 0.574. The first-order valence-electron chi connectivity index (χ1n) is 7.74. The topological polar surface area (TPSA) is 64.3 Å². The van der Waals surface area contributed by atoms with Crippen LogP contribution in [-0.4, -0.2) is 34.1 Å². The van der Waals surface area contributed by atoms with Crippen LogP contribution >= 0.6 is 0 Å². The van der Waals surface area contributed by atoms with E-state index in [0.717, 1.165) is 22.7 Å². The fourth-order valence-corrected chi connectivity index (χ4v) is 2.90. The highest BCUT2D eigenvalue weighted by molar-refractivity contribution is 6.05.